The topological polar surface area (TPSA) is 26.2 Å². The van der Waals surface area contributed by atoms with Gasteiger partial charge in [-0.2, -0.15) is 0 Å². The van der Waals surface area contributed by atoms with E-state index in [4.69, 9.17) is 4.74 Å². The molecule has 1 N–H and O–H groups in total. The van der Waals surface area contributed by atoms with Crippen LogP contribution in [0.25, 0.3) is 0 Å². The van der Waals surface area contributed by atoms with E-state index in [2.05, 4.69) is 41.3 Å². The molecule has 1 aromatic heterocycles. The summed E-state index contributed by atoms with van der Waals surface area (Å²) in [5.74, 6) is 0.925. The van der Waals surface area contributed by atoms with Crippen molar-refractivity contribution in [2.45, 2.75) is 13.5 Å². The summed E-state index contributed by atoms with van der Waals surface area (Å²) in [6.07, 6.45) is 2.05. The number of hydrogen-bond acceptors (Lipinski definition) is 2. The second kappa shape index (κ2) is 4.95. The highest BCUT2D eigenvalue weighted by Crippen LogP contribution is 2.21. The van der Waals surface area contributed by atoms with Crippen molar-refractivity contribution in [3.63, 3.8) is 0 Å². The molecule has 1 heterocycles. The first-order valence-electron chi connectivity index (χ1n) is 5.69. The van der Waals surface area contributed by atoms with Crippen molar-refractivity contribution in [1.82, 2.24) is 4.57 Å². The van der Waals surface area contributed by atoms with Gasteiger partial charge in [0.05, 0.1) is 13.7 Å². The van der Waals surface area contributed by atoms with Crippen LogP contribution < -0.4 is 10.1 Å². The summed E-state index contributed by atoms with van der Waals surface area (Å²) in [4.78, 5) is 0. The second-order valence-electron chi connectivity index (χ2n) is 4.15. The van der Waals surface area contributed by atoms with Gasteiger partial charge in [-0.1, -0.05) is 0 Å². The van der Waals surface area contributed by atoms with Crippen molar-refractivity contribution in [3.05, 3.63) is 47.8 Å². The maximum Gasteiger partial charge on any atom is 0.121 e. The first-order chi connectivity index (χ1) is 8.20. The Morgan fingerprint density at radius 3 is 2.71 bits per heavy atom. The molecule has 0 radical (unpaired) electrons. The Balaban J connectivity index is 2.05. The lowest BCUT2D eigenvalue weighted by molar-refractivity contribution is 0.412. The summed E-state index contributed by atoms with van der Waals surface area (Å²) in [6, 6.07) is 10.3. The summed E-state index contributed by atoms with van der Waals surface area (Å²) in [7, 11) is 3.75. The molecule has 0 aliphatic rings. The van der Waals surface area contributed by atoms with Crippen molar-refractivity contribution in [2.75, 3.05) is 12.4 Å². The Hall–Kier alpha value is -1.90. The van der Waals surface area contributed by atoms with Crippen LogP contribution in [0.4, 0.5) is 5.69 Å². The Bertz CT molecular complexity index is 503. The molecule has 3 nitrogen and oxygen atoms in total. The maximum absolute atomic E-state index is 5.24. The molecular formula is C14H18N2O. The molecule has 0 saturated carbocycles. The molecule has 1 aromatic carbocycles. The van der Waals surface area contributed by atoms with Crippen LogP contribution in [0.15, 0.2) is 36.5 Å². The van der Waals surface area contributed by atoms with Gasteiger partial charge in [-0.3, -0.25) is 0 Å². The number of nitrogens with one attached hydrogen (secondary N) is 1. The number of methoxy groups -OCH3 is 1. The van der Waals surface area contributed by atoms with Gasteiger partial charge in [0, 0.05) is 24.6 Å². The molecule has 0 atom stereocenters. The third-order valence-electron chi connectivity index (χ3n) is 2.92. The minimum absolute atomic E-state index is 0.829. The highest BCUT2D eigenvalue weighted by atomic mass is 16.5. The van der Waals surface area contributed by atoms with E-state index in [1.165, 1.54) is 5.69 Å². The fraction of sp³-hybridized carbons (Fsp3) is 0.286. The zero-order valence-electron chi connectivity index (χ0n) is 10.5. The fourth-order valence-corrected chi connectivity index (χ4v) is 1.86. The molecule has 0 aliphatic carbocycles. The van der Waals surface area contributed by atoms with Crippen LogP contribution in [0.2, 0.25) is 0 Å². The van der Waals surface area contributed by atoms with E-state index in [0.29, 0.717) is 0 Å². The minimum Gasteiger partial charge on any atom is -0.496 e. The van der Waals surface area contributed by atoms with Gasteiger partial charge < -0.3 is 14.6 Å². The first kappa shape index (κ1) is 11.6. The lowest BCUT2D eigenvalue weighted by atomic mass is 10.2. The van der Waals surface area contributed by atoms with Gasteiger partial charge in [0.1, 0.15) is 5.75 Å². The predicted octanol–water partition coefficient (Wildman–Crippen LogP) is 2.95. The quantitative estimate of drug-likeness (QED) is 0.874. The number of aromatic nitrogens is 1. The highest BCUT2D eigenvalue weighted by molar-refractivity contribution is 5.50. The molecule has 0 unspecified atom stereocenters. The number of aryl methyl sites for hydroxylation is 2. The summed E-state index contributed by atoms with van der Waals surface area (Å²) in [5, 5.41) is 3.40. The molecule has 0 aliphatic heterocycles. The Kier molecular flexibility index (Phi) is 3.38. The number of benzene rings is 1. The summed E-state index contributed by atoms with van der Waals surface area (Å²) < 4.78 is 7.35. The highest BCUT2D eigenvalue weighted by Gasteiger charge is 2.01. The minimum atomic E-state index is 0.829. The number of anilines is 1. The summed E-state index contributed by atoms with van der Waals surface area (Å²) in [6.45, 7) is 2.88. The molecule has 3 heteroatoms. The molecule has 90 valence electrons. The van der Waals surface area contributed by atoms with E-state index in [0.717, 1.165) is 23.5 Å². The van der Waals surface area contributed by atoms with Crippen LogP contribution in [0.1, 0.15) is 11.3 Å². The average molecular weight is 230 g/mol. The van der Waals surface area contributed by atoms with Crippen molar-refractivity contribution in [2.24, 2.45) is 7.05 Å². The molecule has 0 spiro atoms. The largest absolute Gasteiger partial charge is 0.496 e. The van der Waals surface area contributed by atoms with E-state index in [9.17, 15) is 0 Å². The van der Waals surface area contributed by atoms with Gasteiger partial charge in [0.2, 0.25) is 0 Å². The molecule has 0 saturated heterocycles. The lowest BCUT2D eigenvalue weighted by Gasteiger charge is -2.10. The maximum atomic E-state index is 5.24. The normalized spacial score (nSPS) is 10.3. The van der Waals surface area contributed by atoms with Crippen LogP contribution in [-0.2, 0) is 13.6 Å². The van der Waals surface area contributed by atoms with Gasteiger partial charge in [0.15, 0.2) is 0 Å². The fourth-order valence-electron chi connectivity index (χ4n) is 1.86. The summed E-state index contributed by atoms with van der Waals surface area (Å²) >= 11 is 0. The monoisotopic (exact) mass is 230 g/mol. The van der Waals surface area contributed by atoms with Crippen molar-refractivity contribution < 1.29 is 4.74 Å². The zero-order chi connectivity index (χ0) is 12.3. The molecule has 2 rings (SSSR count). The van der Waals surface area contributed by atoms with E-state index in [1.807, 2.05) is 19.1 Å². The van der Waals surface area contributed by atoms with Gasteiger partial charge in [-0.15, -0.1) is 0 Å². The van der Waals surface area contributed by atoms with Gasteiger partial charge in [0.25, 0.3) is 0 Å². The van der Waals surface area contributed by atoms with Crippen molar-refractivity contribution in [3.8, 4) is 5.75 Å². The van der Waals surface area contributed by atoms with Crippen LogP contribution in [-0.4, -0.2) is 11.7 Å². The summed E-state index contributed by atoms with van der Waals surface area (Å²) in [5.41, 5.74) is 3.52. The van der Waals surface area contributed by atoms with Crippen LogP contribution in [0.5, 0.6) is 5.75 Å². The lowest BCUT2D eigenvalue weighted by Crippen LogP contribution is -2.04. The zero-order valence-corrected chi connectivity index (χ0v) is 10.5. The average Bonchev–Trinajstić information content (AvgIpc) is 2.72. The molecule has 0 bridgehead atoms. The number of ether oxygens (including phenoxy) is 1. The van der Waals surface area contributed by atoms with Gasteiger partial charge in [-0.05, 0) is 42.8 Å². The molecular weight excluding hydrogens is 212 g/mol. The van der Waals surface area contributed by atoms with Crippen molar-refractivity contribution in [1.29, 1.82) is 0 Å². The van der Waals surface area contributed by atoms with E-state index >= 15 is 0 Å². The SMILES string of the molecule is COc1ccc(NCc2cccn2C)cc1C. The van der Waals surface area contributed by atoms with Gasteiger partial charge >= 0.3 is 0 Å². The molecule has 17 heavy (non-hydrogen) atoms. The molecule has 2 aromatic rings. The van der Waals surface area contributed by atoms with Crippen LogP contribution >= 0.6 is 0 Å². The smallest absolute Gasteiger partial charge is 0.121 e. The number of hydrogen-bond donors (Lipinski definition) is 1. The standard InChI is InChI=1S/C14H18N2O/c1-11-9-12(6-7-14(11)17-3)15-10-13-5-4-8-16(13)2/h4-9,15H,10H2,1-3H3. The Labute approximate surface area is 102 Å². The third kappa shape index (κ3) is 2.61. The predicted molar refractivity (Wildman–Crippen MR) is 70.5 cm³/mol. The third-order valence-corrected chi connectivity index (χ3v) is 2.92. The Morgan fingerprint density at radius 2 is 2.12 bits per heavy atom. The molecule has 0 fully saturated rings. The number of nitrogens with zero attached hydrogens (tertiary/aromatic N) is 1. The van der Waals surface area contributed by atoms with Gasteiger partial charge in [-0.25, -0.2) is 0 Å². The number of rotatable bonds is 4. The van der Waals surface area contributed by atoms with Crippen LogP contribution in [0, 0.1) is 6.92 Å². The molecule has 0 amide bonds. The van der Waals surface area contributed by atoms with E-state index in [1.54, 1.807) is 7.11 Å². The second-order valence-corrected chi connectivity index (χ2v) is 4.15. The van der Waals surface area contributed by atoms with Crippen LogP contribution in [0.3, 0.4) is 0 Å². The van der Waals surface area contributed by atoms with E-state index in [-0.39, 0.29) is 0 Å². The first-order valence-corrected chi connectivity index (χ1v) is 5.69. The Morgan fingerprint density at radius 1 is 1.29 bits per heavy atom. The van der Waals surface area contributed by atoms with E-state index < -0.39 is 0 Å². The van der Waals surface area contributed by atoms with Crippen molar-refractivity contribution >= 4 is 5.69 Å².